The van der Waals surface area contributed by atoms with E-state index in [9.17, 15) is 0 Å². The number of aliphatic hydroxyl groups excluding tert-OH is 1. The number of anilines is 1. The summed E-state index contributed by atoms with van der Waals surface area (Å²) in [6.45, 7) is 1.56. The second-order valence-electron chi connectivity index (χ2n) is 4.99. The molecule has 0 saturated heterocycles. The summed E-state index contributed by atoms with van der Waals surface area (Å²) in [5, 5.41) is 8.91. The molecule has 0 atom stereocenters. The predicted molar refractivity (Wildman–Crippen MR) is 73.7 cm³/mol. The molecule has 0 aromatic carbocycles. The summed E-state index contributed by atoms with van der Waals surface area (Å²) in [6.07, 6.45) is 5.48. The number of pyridine rings is 1. The SMILES string of the molecule is CN(CCCO)c1nc2c(cc1CN)CCCC2. The van der Waals surface area contributed by atoms with Crippen molar-refractivity contribution >= 4 is 5.82 Å². The Morgan fingerprint density at radius 2 is 2.17 bits per heavy atom. The van der Waals surface area contributed by atoms with Crippen molar-refractivity contribution in [1.82, 2.24) is 4.98 Å². The van der Waals surface area contributed by atoms with Crippen LogP contribution in [0.15, 0.2) is 6.07 Å². The average molecular weight is 249 g/mol. The molecule has 1 aromatic heterocycles. The van der Waals surface area contributed by atoms with Crippen LogP contribution in [0.3, 0.4) is 0 Å². The Morgan fingerprint density at radius 1 is 1.39 bits per heavy atom. The van der Waals surface area contributed by atoms with Crippen LogP contribution in [-0.2, 0) is 19.4 Å². The Morgan fingerprint density at radius 3 is 2.89 bits per heavy atom. The smallest absolute Gasteiger partial charge is 0.133 e. The molecule has 0 bridgehead atoms. The van der Waals surface area contributed by atoms with E-state index in [0.717, 1.165) is 37.2 Å². The maximum absolute atomic E-state index is 8.91. The van der Waals surface area contributed by atoms with Gasteiger partial charge in [0.1, 0.15) is 5.82 Å². The van der Waals surface area contributed by atoms with E-state index in [1.807, 2.05) is 7.05 Å². The van der Waals surface area contributed by atoms with Crippen LogP contribution in [-0.4, -0.2) is 30.3 Å². The predicted octanol–water partition coefficient (Wildman–Crippen LogP) is 1.24. The molecule has 0 fully saturated rings. The molecule has 4 nitrogen and oxygen atoms in total. The lowest BCUT2D eigenvalue weighted by atomic mass is 9.94. The highest BCUT2D eigenvalue weighted by Crippen LogP contribution is 2.26. The third-order valence-electron chi connectivity index (χ3n) is 3.59. The van der Waals surface area contributed by atoms with Crippen LogP contribution in [0.4, 0.5) is 5.82 Å². The van der Waals surface area contributed by atoms with Gasteiger partial charge >= 0.3 is 0 Å². The Balaban J connectivity index is 2.27. The molecule has 0 radical (unpaired) electrons. The molecule has 1 heterocycles. The minimum absolute atomic E-state index is 0.216. The van der Waals surface area contributed by atoms with Crippen molar-refractivity contribution < 1.29 is 5.11 Å². The fourth-order valence-corrected chi connectivity index (χ4v) is 2.56. The van der Waals surface area contributed by atoms with E-state index in [-0.39, 0.29) is 6.61 Å². The zero-order chi connectivity index (χ0) is 13.0. The summed E-state index contributed by atoms with van der Waals surface area (Å²) in [5.41, 5.74) is 9.57. The van der Waals surface area contributed by atoms with Crippen LogP contribution in [0.2, 0.25) is 0 Å². The summed E-state index contributed by atoms with van der Waals surface area (Å²) >= 11 is 0. The Kier molecular flexibility index (Phi) is 4.55. The van der Waals surface area contributed by atoms with Gasteiger partial charge in [-0.05, 0) is 43.7 Å². The third-order valence-corrected chi connectivity index (χ3v) is 3.59. The molecule has 4 heteroatoms. The van der Waals surface area contributed by atoms with E-state index < -0.39 is 0 Å². The Bertz CT molecular complexity index is 406. The number of nitrogens with two attached hydrogens (primary N) is 1. The molecule has 0 amide bonds. The van der Waals surface area contributed by atoms with E-state index in [4.69, 9.17) is 15.8 Å². The molecule has 0 spiro atoms. The van der Waals surface area contributed by atoms with Crippen LogP contribution in [0, 0.1) is 0 Å². The van der Waals surface area contributed by atoms with E-state index in [0.29, 0.717) is 6.54 Å². The van der Waals surface area contributed by atoms with Gasteiger partial charge in [-0.1, -0.05) is 0 Å². The largest absolute Gasteiger partial charge is 0.396 e. The van der Waals surface area contributed by atoms with E-state index >= 15 is 0 Å². The standard InChI is InChI=1S/C14H23N3O/c1-17(7-4-8-18)14-12(10-15)9-11-5-2-3-6-13(11)16-14/h9,18H,2-8,10,15H2,1H3. The minimum atomic E-state index is 0.216. The molecule has 1 aliphatic rings. The number of fused-ring (bicyclic) bond motifs is 1. The number of aliphatic hydroxyl groups is 1. The summed E-state index contributed by atoms with van der Waals surface area (Å²) < 4.78 is 0. The normalized spacial score (nSPS) is 14.4. The van der Waals surface area contributed by atoms with Gasteiger partial charge in [0.25, 0.3) is 0 Å². The van der Waals surface area contributed by atoms with Gasteiger partial charge in [-0.2, -0.15) is 0 Å². The number of nitrogens with zero attached hydrogens (tertiary/aromatic N) is 2. The maximum Gasteiger partial charge on any atom is 0.133 e. The number of aryl methyl sites for hydroxylation is 2. The molecule has 3 N–H and O–H groups in total. The second-order valence-corrected chi connectivity index (χ2v) is 4.99. The van der Waals surface area contributed by atoms with Crippen molar-refractivity contribution in [2.45, 2.75) is 38.6 Å². The average Bonchev–Trinajstić information content (AvgIpc) is 2.43. The van der Waals surface area contributed by atoms with E-state index in [2.05, 4.69) is 11.0 Å². The lowest BCUT2D eigenvalue weighted by molar-refractivity contribution is 0.290. The van der Waals surface area contributed by atoms with Crippen molar-refractivity contribution in [2.24, 2.45) is 5.73 Å². The van der Waals surface area contributed by atoms with Crippen LogP contribution < -0.4 is 10.6 Å². The van der Waals surface area contributed by atoms with Crippen LogP contribution in [0.1, 0.15) is 36.1 Å². The molecule has 100 valence electrons. The quantitative estimate of drug-likeness (QED) is 0.824. The monoisotopic (exact) mass is 249 g/mol. The van der Waals surface area contributed by atoms with Crippen molar-refractivity contribution in [2.75, 3.05) is 25.1 Å². The maximum atomic E-state index is 8.91. The first-order valence-electron chi connectivity index (χ1n) is 6.80. The summed E-state index contributed by atoms with van der Waals surface area (Å²) in [4.78, 5) is 6.91. The van der Waals surface area contributed by atoms with Gasteiger partial charge in [0, 0.05) is 38.0 Å². The summed E-state index contributed by atoms with van der Waals surface area (Å²) in [5.74, 6) is 0.992. The number of hydrogen-bond acceptors (Lipinski definition) is 4. The van der Waals surface area contributed by atoms with Crippen molar-refractivity contribution in [3.05, 3.63) is 22.9 Å². The summed E-state index contributed by atoms with van der Waals surface area (Å²) in [6, 6.07) is 2.23. The number of rotatable bonds is 5. The van der Waals surface area contributed by atoms with Crippen LogP contribution >= 0.6 is 0 Å². The van der Waals surface area contributed by atoms with E-state index in [1.165, 1.54) is 24.1 Å². The first-order valence-corrected chi connectivity index (χ1v) is 6.80. The highest BCUT2D eigenvalue weighted by molar-refractivity contribution is 5.50. The molecule has 0 aliphatic heterocycles. The molecule has 2 rings (SSSR count). The summed E-state index contributed by atoms with van der Waals surface area (Å²) in [7, 11) is 2.02. The lowest BCUT2D eigenvalue weighted by Gasteiger charge is -2.24. The topological polar surface area (TPSA) is 62.4 Å². The van der Waals surface area contributed by atoms with Gasteiger partial charge < -0.3 is 15.7 Å². The molecular weight excluding hydrogens is 226 g/mol. The zero-order valence-electron chi connectivity index (χ0n) is 11.2. The molecule has 1 aliphatic carbocycles. The van der Waals surface area contributed by atoms with Gasteiger partial charge in [0.05, 0.1) is 0 Å². The first-order chi connectivity index (χ1) is 8.76. The highest BCUT2D eigenvalue weighted by atomic mass is 16.3. The minimum Gasteiger partial charge on any atom is -0.396 e. The van der Waals surface area contributed by atoms with Gasteiger partial charge in [0.15, 0.2) is 0 Å². The fourth-order valence-electron chi connectivity index (χ4n) is 2.56. The Labute approximate surface area is 109 Å². The highest BCUT2D eigenvalue weighted by Gasteiger charge is 2.16. The molecule has 18 heavy (non-hydrogen) atoms. The Hall–Kier alpha value is -1.13. The number of hydrogen-bond donors (Lipinski definition) is 2. The molecule has 1 aromatic rings. The van der Waals surface area contributed by atoms with Crippen LogP contribution in [0.25, 0.3) is 0 Å². The van der Waals surface area contributed by atoms with Crippen molar-refractivity contribution in [1.29, 1.82) is 0 Å². The van der Waals surface area contributed by atoms with Gasteiger partial charge in [-0.25, -0.2) is 4.98 Å². The van der Waals surface area contributed by atoms with Gasteiger partial charge in [0.2, 0.25) is 0 Å². The van der Waals surface area contributed by atoms with Crippen molar-refractivity contribution in [3.63, 3.8) is 0 Å². The molecule has 0 unspecified atom stereocenters. The second kappa shape index (κ2) is 6.16. The zero-order valence-corrected chi connectivity index (χ0v) is 11.2. The lowest BCUT2D eigenvalue weighted by Crippen LogP contribution is -2.24. The fraction of sp³-hybridized carbons (Fsp3) is 0.643. The number of aromatic nitrogens is 1. The first kappa shape index (κ1) is 13.3. The molecular formula is C14H23N3O. The van der Waals surface area contributed by atoms with Gasteiger partial charge in [-0.15, -0.1) is 0 Å². The third kappa shape index (κ3) is 2.82. The van der Waals surface area contributed by atoms with Crippen molar-refractivity contribution in [3.8, 4) is 0 Å². The van der Waals surface area contributed by atoms with Crippen LogP contribution in [0.5, 0.6) is 0 Å². The molecule has 0 saturated carbocycles. The van der Waals surface area contributed by atoms with E-state index in [1.54, 1.807) is 0 Å². The van der Waals surface area contributed by atoms with Gasteiger partial charge in [-0.3, -0.25) is 0 Å².